The lowest BCUT2D eigenvalue weighted by Gasteiger charge is -2.39. The molecule has 0 spiro atoms. The zero-order valence-electron chi connectivity index (χ0n) is 13.9. The third-order valence-corrected chi connectivity index (χ3v) is 5.46. The van der Waals surface area contributed by atoms with Crippen LogP contribution in [-0.4, -0.2) is 60.0 Å². The maximum Gasteiger partial charge on any atom is 0.410 e. The van der Waals surface area contributed by atoms with Crippen molar-refractivity contribution < 1.29 is 17.9 Å². The standard InChI is InChI=1S/C15H23N3O4S/c1-12-11-17(14(19)22-15(2,3)4)8-9-18(12)23(20,21)13-6-5-7-16-10-13/h5-7,10,12H,8-9,11H2,1-4H3/t12-/m1/s1. The van der Waals surface area contributed by atoms with Crippen LogP contribution in [0.15, 0.2) is 29.4 Å². The number of carbonyl (C=O) groups excluding carboxylic acids is 1. The van der Waals surface area contributed by atoms with Gasteiger partial charge in [0.1, 0.15) is 10.5 Å². The fourth-order valence-electron chi connectivity index (χ4n) is 2.43. The van der Waals surface area contributed by atoms with Gasteiger partial charge in [-0.15, -0.1) is 0 Å². The molecule has 0 unspecified atom stereocenters. The summed E-state index contributed by atoms with van der Waals surface area (Å²) in [6, 6.07) is 2.78. The molecule has 1 aromatic heterocycles. The minimum Gasteiger partial charge on any atom is -0.444 e. The highest BCUT2D eigenvalue weighted by molar-refractivity contribution is 7.89. The van der Waals surface area contributed by atoms with E-state index >= 15 is 0 Å². The average Bonchev–Trinajstić information content (AvgIpc) is 2.46. The van der Waals surface area contributed by atoms with E-state index in [1.807, 2.05) is 0 Å². The zero-order valence-corrected chi connectivity index (χ0v) is 14.7. The zero-order chi connectivity index (χ0) is 17.3. The molecule has 0 aliphatic carbocycles. The molecule has 128 valence electrons. The molecule has 2 heterocycles. The molecule has 1 aromatic rings. The van der Waals surface area contributed by atoms with Gasteiger partial charge < -0.3 is 9.64 Å². The van der Waals surface area contributed by atoms with Crippen molar-refractivity contribution in [2.75, 3.05) is 19.6 Å². The van der Waals surface area contributed by atoms with Crippen LogP contribution in [0, 0.1) is 0 Å². The number of aromatic nitrogens is 1. The lowest BCUT2D eigenvalue weighted by Crippen LogP contribution is -2.56. The number of pyridine rings is 1. The molecule has 0 saturated carbocycles. The molecular weight excluding hydrogens is 318 g/mol. The van der Waals surface area contributed by atoms with Gasteiger partial charge in [-0.2, -0.15) is 4.31 Å². The summed E-state index contributed by atoms with van der Waals surface area (Å²) in [5.74, 6) is 0. The summed E-state index contributed by atoms with van der Waals surface area (Å²) in [6.07, 6.45) is 2.45. The van der Waals surface area contributed by atoms with E-state index in [1.165, 1.54) is 22.8 Å². The maximum absolute atomic E-state index is 12.7. The fourth-order valence-corrected chi connectivity index (χ4v) is 4.00. The molecule has 0 radical (unpaired) electrons. The first-order chi connectivity index (χ1) is 10.6. The SMILES string of the molecule is C[C@@H]1CN(C(=O)OC(C)(C)C)CCN1S(=O)(=O)c1cccnc1. The predicted molar refractivity (Wildman–Crippen MR) is 85.4 cm³/mol. The highest BCUT2D eigenvalue weighted by Gasteiger charge is 2.36. The van der Waals surface area contributed by atoms with Crippen LogP contribution < -0.4 is 0 Å². The van der Waals surface area contributed by atoms with E-state index < -0.39 is 21.7 Å². The lowest BCUT2D eigenvalue weighted by molar-refractivity contribution is 0.0143. The molecule has 1 aliphatic rings. The van der Waals surface area contributed by atoms with Gasteiger partial charge in [0.15, 0.2) is 0 Å². The van der Waals surface area contributed by atoms with Crippen molar-refractivity contribution in [3.8, 4) is 0 Å². The highest BCUT2D eigenvalue weighted by atomic mass is 32.2. The molecule has 1 amide bonds. The van der Waals surface area contributed by atoms with Crippen LogP contribution in [0.2, 0.25) is 0 Å². The second kappa shape index (κ2) is 6.45. The van der Waals surface area contributed by atoms with Crippen LogP contribution in [0.25, 0.3) is 0 Å². The predicted octanol–water partition coefficient (Wildman–Crippen LogP) is 1.71. The molecule has 1 fully saturated rings. The topological polar surface area (TPSA) is 79.8 Å². The number of rotatable bonds is 2. The lowest BCUT2D eigenvalue weighted by atomic mass is 10.2. The van der Waals surface area contributed by atoms with E-state index in [4.69, 9.17) is 4.74 Å². The molecule has 0 N–H and O–H groups in total. The summed E-state index contributed by atoms with van der Waals surface area (Å²) in [4.78, 5) is 17.7. The Morgan fingerprint density at radius 3 is 2.57 bits per heavy atom. The van der Waals surface area contributed by atoms with Crippen LogP contribution in [0.4, 0.5) is 4.79 Å². The number of amides is 1. The molecule has 2 rings (SSSR count). The Morgan fingerprint density at radius 2 is 2.04 bits per heavy atom. The van der Waals surface area contributed by atoms with E-state index in [-0.39, 0.29) is 17.5 Å². The van der Waals surface area contributed by atoms with Gasteiger partial charge in [-0.25, -0.2) is 13.2 Å². The van der Waals surface area contributed by atoms with Gasteiger partial charge in [-0.1, -0.05) is 0 Å². The molecular formula is C15H23N3O4S. The van der Waals surface area contributed by atoms with E-state index in [0.29, 0.717) is 13.1 Å². The second-order valence-corrected chi connectivity index (χ2v) is 8.47. The summed E-state index contributed by atoms with van der Waals surface area (Å²) in [5.41, 5.74) is -0.570. The van der Waals surface area contributed by atoms with Gasteiger partial charge in [0, 0.05) is 38.1 Å². The van der Waals surface area contributed by atoms with Gasteiger partial charge in [-0.05, 0) is 39.8 Å². The normalized spacial score (nSPS) is 20.3. The van der Waals surface area contributed by atoms with Gasteiger partial charge in [-0.3, -0.25) is 4.98 Å². The number of sulfonamides is 1. The molecule has 7 nitrogen and oxygen atoms in total. The minimum atomic E-state index is -3.60. The molecule has 1 atom stereocenters. The fraction of sp³-hybridized carbons (Fsp3) is 0.600. The Bertz CT molecular complexity index is 655. The molecule has 1 aliphatic heterocycles. The van der Waals surface area contributed by atoms with E-state index in [0.717, 1.165) is 0 Å². The maximum atomic E-state index is 12.7. The summed E-state index contributed by atoms with van der Waals surface area (Å²) >= 11 is 0. The minimum absolute atomic E-state index is 0.164. The number of hydrogen-bond acceptors (Lipinski definition) is 5. The first kappa shape index (κ1) is 17.7. The average molecular weight is 341 g/mol. The number of hydrogen-bond donors (Lipinski definition) is 0. The van der Waals surface area contributed by atoms with Gasteiger partial charge >= 0.3 is 6.09 Å². The van der Waals surface area contributed by atoms with Crippen molar-refractivity contribution in [1.29, 1.82) is 0 Å². The smallest absolute Gasteiger partial charge is 0.410 e. The van der Waals surface area contributed by atoms with Crippen molar-refractivity contribution >= 4 is 16.1 Å². The largest absolute Gasteiger partial charge is 0.444 e. The molecule has 8 heteroatoms. The Labute approximate surface area is 137 Å². The summed E-state index contributed by atoms with van der Waals surface area (Å²) in [7, 11) is -3.60. The summed E-state index contributed by atoms with van der Waals surface area (Å²) in [5, 5.41) is 0. The Kier molecular flexibility index (Phi) is 4.95. The Hall–Kier alpha value is -1.67. The number of piperazine rings is 1. The molecule has 0 aromatic carbocycles. The number of nitrogens with zero attached hydrogens (tertiary/aromatic N) is 3. The third-order valence-electron chi connectivity index (χ3n) is 3.46. The second-order valence-electron chi connectivity index (χ2n) is 6.58. The van der Waals surface area contributed by atoms with Crippen molar-refractivity contribution in [3.05, 3.63) is 24.5 Å². The quantitative estimate of drug-likeness (QED) is 0.818. The van der Waals surface area contributed by atoms with Crippen LogP contribution in [-0.2, 0) is 14.8 Å². The Balaban J connectivity index is 2.09. The van der Waals surface area contributed by atoms with E-state index in [9.17, 15) is 13.2 Å². The van der Waals surface area contributed by atoms with Gasteiger partial charge in [0.25, 0.3) is 0 Å². The number of ether oxygens (including phenoxy) is 1. The van der Waals surface area contributed by atoms with Crippen molar-refractivity contribution in [3.63, 3.8) is 0 Å². The van der Waals surface area contributed by atoms with Crippen LogP contribution in [0.3, 0.4) is 0 Å². The van der Waals surface area contributed by atoms with E-state index in [2.05, 4.69) is 4.98 Å². The summed E-state index contributed by atoms with van der Waals surface area (Å²) in [6.45, 7) is 8.03. The van der Waals surface area contributed by atoms with Crippen molar-refractivity contribution in [2.24, 2.45) is 0 Å². The summed E-state index contributed by atoms with van der Waals surface area (Å²) < 4.78 is 32.1. The molecule has 0 bridgehead atoms. The van der Waals surface area contributed by atoms with Gasteiger partial charge in [0.2, 0.25) is 10.0 Å². The molecule has 1 saturated heterocycles. The first-order valence-electron chi connectivity index (χ1n) is 7.51. The monoisotopic (exact) mass is 341 g/mol. The van der Waals surface area contributed by atoms with Crippen LogP contribution in [0.5, 0.6) is 0 Å². The molecule has 23 heavy (non-hydrogen) atoms. The van der Waals surface area contributed by atoms with E-state index in [1.54, 1.807) is 38.7 Å². The number of carbonyl (C=O) groups is 1. The van der Waals surface area contributed by atoms with Crippen LogP contribution >= 0.6 is 0 Å². The Morgan fingerprint density at radius 1 is 1.35 bits per heavy atom. The highest BCUT2D eigenvalue weighted by Crippen LogP contribution is 2.21. The first-order valence-corrected chi connectivity index (χ1v) is 8.95. The van der Waals surface area contributed by atoms with Crippen molar-refractivity contribution in [2.45, 2.75) is 44.2 Å². The van der Waals surface area contributed by atoms with Crippen LogP contribution in [0.1, 0.15) is 27.7 Å². The van der Waals surface area contributed by atoms with Gasteiger partial charge in [0.05, 0.1) is 0 Å². The third kappa shape index (κ3) is 4.20. The van der Waals surface area contributed by atoms with Crippen molar-refractivity contribution in [1.82, 2.24) is 14.2 Å².